The van der Waals surface area contributed by atoms with Gasteiger partial charge in [-0.3, -0.25) is 4.79 Å². The van der Waals surface area contributed by atoms with Crippen molar-refractivity contribution in [3.8, 4) is 5.75 Å². The van der Waals surface area contributed by atoms with Crippen molar-refractivity contribution in [3.05, 3.63) is 102 Å². The summed E-state index contributed by atoms with van der Waals surface area (Å²) in [6.45, 7) is -2.70. The Kier molecular flexibility index (Phi) is 5.75. The molecule has 0 spiro atoms. The average Bonchev–Trinajstić information content (AvgIpc) is 3.18. The fraction of sp³-hybridized carbons (Fsp3) is 0.125. The molecule has 0 saturated heterocycles. The maximum absolute atomic E-state index is 12.8. The molecule has 0 radical (unpaired) electrons. The fourth-order valence-electron chi connectivity index (χ4n) is 3.62. The number of nitrogens with one attached hydrogen (secondary N) is 2. The lowest BCUT2D eigenvalue weighted by Crippen LogP contribution is -2.29. The Labute approximate surface area is 172 Å². The number of carbonyl (C=O) groups excluding carboxylic acids is 1. The first-order valence-corrected chi connectivity index (χ1v) is 9.56. The zero-order chi connectivity index (χ0) is 20.9. The number of aromatic nitrogens is 1. The van der Waals surface area contributed by atoms with Crippen molar-refractivity contribution >= 4 is 16.8 Å². The van der Waals surface area contributed by atoms with Gasteiger partial charge in [0.1, 0.15) is 5.75 Å². The Balaban J connectivity index is 1.62. The summed E-state index contributed by atoms with van der Waals surface area (Å²) in [6, 6.07) is 23.8. The highest BCUT2D eigenvalue weighted by Gasteiger charge is 2.21. The molecule has 1 atom stereocenters. The van der Waals surface area contributed by atoms with Gasteiger partial charge >= 0.3 is 6.61 Å². The maximum Gasteiger partial charge on any atom is 0.387 e. The molecule has 4 aromatic rings. The lowest BCUT2D eigenvalue weighted by molar-refractivity contribution is -0.0501. The number of hydrogen-bond donors (Lipinski definition) is 2. The van der Waals surface area contributed by atoms with E-state index in [-0.39, 0.29) is 17.2 Å². The van der Waals surface area contributed by atoms with Crippen LogP contribution >= 0.6 is 0 Å². The van der Waals surface area contributed by atoms with Crippen LogP contribution in [0.25, 0.3) is 10.9 Å². The fourth-order valence-corrected chi connectivity index (χ4v) is 3.62. The predicted molar refractivity (Wildman–Crippen MR) is 112 cm³/mol. The molecule has 6 heteroatoms. The van der Waals surface area contributed by atoms with Crippen LogP contribution in [0.5, 0.6) is 5.75 Å². The van der Waals surface area contributed by atoms with Gasteiger partial charge in [0, 0.05) is 29.6 Å². The number of hydrogen-bond acceptors (Lipinski definition) is 2. The second-order valence-electron chi connectivity index (χ2n) is 6.84. The summed E-state index contributed by atoms with van der Waals surface area (Å²) in [6.07, 6.45) is 1.95. The number of fused-ring (bicyclic) bond motifs is 1. The summed E-state index contributed by atoms with van der Waals surface area (Å²) in [5.74, 6) is -0.727. The van der Waals surface area contributed by atoms with Crippen LogP contribution in [0.2, 0.25) is 0 Å². The molecule has 30 heavy (non-hydrogen) atoms. The smallest absolute Gasteiger partial charge is 0.387 e. The summed E-state index contributed by atoms with van der Waals surface area (Å²) in [4.78, 5) is 16.0. The third-order valence-electron chi connectivity index (χ3n) is 5.01. The minimum absolute atomic E-state index is 0.0727. The van der Waals surface area contributed by atoms with Crippen LogP contribution in [0, 0.1) is 0 Å². The Morgan fingerprint density at radius 2 is 1.63 bits per heavy atom. The molecule has 3 aromatic carbocycles. The largest absolute Gasteiger partial charge is 0.434 e. The number of halogens is 2. The Morgan fingerprint density at radius 1 is 0.933 bits per heavy atom. The van der Waals surface area contributed by atoms with Gasteiger partial charge < -0.3 is 15.0 Å². The molecule has 0 fully saturated rings. The van der Waals surface area contributed by atoms with Crippen LogP contribution < -0.4 is 10.1 Å². The van der Waals surface area contributed by atoms with E-state index in [0.717, 1.165) is 22.0 Å². The first kappa shape index (κ1) is 19.6. The Bertz CT molecular complexity index is 1140. The molecule has 152 valence electrons. The third-order valence-corrected chi connectivity index (χ3v) is 5.01. The zero-order valence-electron chi connectivity index (χ0n) is 16.0. The first-order chi connectivity index (χ1) is 14.6. The van der Waals surface area contributed by atoms with E-state index in [1.54, 1.807) is 12.1 Å². The maximum atomic E-state index is 12.8. The van der Waals surface area contributed by atoms with Gasteiger partial charge in [0.25, 0.3) is 5.91 Å². The molecule has 4 nitrogen and oxygen atoms in total. The SMILES string of the molecule is O=C(NC[C@@H](c1ccccc1)c1c[nH]c2ccccc12)c1ccccc1OC(F)F. The number of benzene rings is 3. The van der Waals surface area contributed by atoms with Crippen LogP contribution in [0.3, 0.4) is 0 Å². The molecule has 0 unspecified atom stereocenters. The second-order valence-corrected chi connectivity index (χ2v) is 6.84. The summed E-state index contributed by atoms with van der Waals surface area (Å²) >= 11 is 0. The molecule has 0 saturated carbocycles. The van der Waals surface area contributed by atoms with E-state index < -0.39 is 12.5 Å². The van der Waals surface area contributed by atoms with Crippen molar-refractivity contribution in [3.63, 3.8) is 0 Å². The van der Waals surface area contributed by atoms with Gasteiger partial charge in [-0.15, -0.1) is 0 Å². The molecule has 1 aromatic heterocycles. The topological polar surface area (TPSA) is 54.1 Å². The van der Waals surface area contributed by atoms with E-state index >= 15 is 0 Å². The van der Waals surface area contributed by atoms with Crippen molar-refractivity contribution in [2.24, 2.45) is 0 Å². The summed E-state index contributed by atoms with van der Waals surface area (Å²) in [5.41, 5.74) is 3.17. The third kappa shape index (κ3) is 4.17. The molecule has 0 aliphatic heterocycles. The number of carbonyl (C=O) groups is 1. The van der Waals surface area contributed by atoms with Crippen molar-refractivity contribution in [2.45, 2.75) is 12.5 Å². The molecule has 1 heterocycles. The summed E-state index contributed by atoms with van der Waals surface area (Å²) < 4.78 is 29.8. The number of alkyl halides is 2. The normalized spacial score (nSPS) is 12.1. The van der Waals surface area contributed by atoms with Gasteiger partial charge in [0.05, 0.1) is 5.56 Å². The van der Waals surface area contributed by atoms with E-state index in [4.69, 9.17) is 0 Å². The molecule has 2 N–H and O–H groups in total. The van der Waals surface area contributed by atoms with Gasteiger partial charge in [-0.05, 0) is 29.3 Å². The van der Waals surface area contributed by atoms with Crippen molar-refractivity contribution < 1.29 is 18.3 Å². The summed E-state index contributed by atoms with van der Waals surface area (Å²) in [7, 11) is 0. The van der Waals surface area contributed by atoms with Crippen molar-refractivity contribution in [1.82, 2.24) is 10.3 Å². The van der Waals surface area contributed by atoms with Crippen LogP contribution in [-0.4, -0.2) is 24.0 Å². The van der Waals surface area contributed by atoms with E-state index in [1.165, 1.54) is 12.1 Å². The standard InChI is InChI=1S/C24H20F2N2O2/c25-24(26)30-22-13-7-5-11-18(22)23(29)28-14-19(16-8-2-1-3-9-16)20-15-27-21-12-6-4-10-17(20)21/h1-13,15,19,24,27H,14H2,(H,28,29)/t19-/m0/s1. The monoisotopic (exact) mass is 406 g/mol. The minimum atomic E-state index is -3.00. The number of aromatic amines is 1. The molecule has 4 rings (SSSR count). The van der Waals surface area contributed by atoms with E-state index in [0.29, 0.717) is 6.54 Å². The van der Waals surface area contributed by atoms with E-state index in [1.807, 2.05) is 60.8 Å². The van der Waals surface area contributed by atoms with Gasteiger partial charge in [-0.25, -0.2) is 0 Å². The number of amides is 1. The Morgan fingerprint density at radius 3 is 2.43 bits per heavy atom. The predicted octanol–water partition coefficient (Wildman–Crippen LogP) is 5.33. The van der Waals surface area contributed by atoms with E-state index in [9.17, 15) is 13.6 Å². The number of para-hydroxylation sites is 2. The van der Waals surface area contributed by atoms with Crippen molar-refractivity contribution in [2.75, 3.05) is 6.54 Å². The molecule has 0 aliphatic carbocycles. The number of rotatable bonds is 7. The lowest BCUT2D eigenvalue weighted by Gasteiger charge is -2.19. The van der Waals surface area contributed by atoms with E-state index in [2.05, 4.69) is 15.0 Å². The molecular formula is C24H20F2N2O2. The van der Waals surface area contributed by atoms with Gasteiger partial charge in [-0.1, -0.05) is 60.7 Å². The van der Waals surface area contributed by atoms with Crippen LogP contribution in [0.4, 0.5) is 8.78 Å². The van der Waals surface area contributed by atoms with Crippen LogP contribution in [0.1, 0.15) is 27.4 Å². The number of ether oxygens (including phenoxy) is 1. The highest BCUT2D eigenvalue weighted by atomic mass is 19.3. The molecule has 1 amide bonds. The molecule has 0 aliphatic rings. The quantitative estimate of drug-likeness (QED) is 0.436. The summed E-state index contributed by atoms with van der Waals surface area (Å²) in [5, 5.41) is 3.96. The van der Waals surface area contributed by atoms with Crippen LogP contribution in [-0.2, 0) is 0 Å². The highest BCUT2D eigenvalue weighted by molar-refractivity contribution is 5.97. The van der Waals surface area contributed by atoms with Gasteiger partial charge in [0.15, 0.2) is 0 Å². The first-order valence-electron chi connectivity index (χ1n) is 9.56. The number of H-pyrrole nitrogens is 1. The van der Waals surface area contributed by atoms with Gasteiger partial charge in [-0.2, -0.15) is 8.78 Å². The van der Waals surface area contributed by atoms with Crippen LogP contribution in [0.15, 0.2) is 85.1 Å². The minimum Gasteiger partial charge on any atom is -0.434 e. The second kappa shape index (κ2) is 8.78. The highest BCUT2D eigenvalue weighted by Crippen LogP contribution is 2.30. The van der Waals surface area contributed by atoms with Crippen molar-refractivity contribution in [1.29, 1.82) is 0 Å². The lowest BCUT2D eigenvalue weighted by atomic mass is 9.91. The zero-order valence-corrected chi connectivity index (χ0v) is 16.0. The molecule has 0 bridgehead atoms. The average molecular weight is 406 g/mol. The molecular weight excluding hydrogens is 386 g/mol. The Hall–Kier alpha value is -3.67. The van der Waals surface area contributed by atoms with Gasteiger partial charge in [0.2, 0.25) is 0 Å².